The van der Waals surface area contributed by atoms with Gasteiger partial charge in [-0.15, -0.1) is 11.3 Å². The monoisotopic (exact) mass is 508 g/mol. The minimum atomic E-state index is -3.73. The predicted octanol–water partition coefficient (Wildman–Crippen LogP) is 2.77. The van der Waals surface area contributed by atoms with Gasteiger partial charge in [0.25, 0.3) is 11.8 Å². The molecule has 3 N–H and O–H groups in total. The van der Waals surface area contributed by atoms with Gasteiger partial charge in [-0.3, -0.25) is 20.4 Å². The maximum Gasteiger partial charge on any atom is 0.281 e. The number of carbonyl (C=O) groups excluding carboxylic acids is 2. The van der Waals surface area contributed by atoms with E-state index < -0.39 is 21.8 Å². The zero-order chi connectivity index (χ0) is 21.7. The molecule has 1 aromatic heterocycles. The number of rotatable bonds is 6. The summed E-state index contributed by atoms with van der Waals surface area (Å²) in [4.78, 5) is 29.0. The van der Waals surface area contributed by atoms with Crippen LogP contribution in [0.25, 0.3) is 0 Å². The van der Waals surface area contributed by atoms with Crippen LogP contribution in [0.5, 0.6) is 0 Å². The molecule has 3 rings (SSSR count). The van der Waals surface area contributed by atoms with Gasteiger partial charge >= 0.3 is 0 Å². The number of aromatic nitrogens is 1. The number of amides is 2. The number of aryl methyl sites for hydroxylation is 1. The molecule has 2 aromatic carbocycles. The van der Waals surface area contributed by atoms with Crippen molar-refractivity contribution in [2.75, 3.05) is 0 Å². The molecule has 1 heterocycles. The van der Waals surface area contributed by atoms with Crippen molar-refractivity contribution in [1.29, 1.82) is 0 Å². The first-order chi connectivity index (χ1) is 14.3. The van der Waals surface area contributed by atoms with E-state index in [0.29, 0.717) is 20.7 Å². The van der Waals surface area contributed by atoms with Crippen LogP contribution in [0, 0.1) is 6.92 Å². The van der Waals surface area contributed by atoms with Crippen LogP contribution in [0.1, 0.15) is 30.7 Å². The van der Waals surface area contributed by atoms with Gasteiger partial charge in [-0.05, 0) is 37.3 Å². The number of hydrogen-bond acceptors (Lipinski definition) is 6. The maximum atomic E-state index is 12.4. The Morgan fingerprint density at radius 3 is 2.43 bits per heavy atom. The van der Waals surface area contributed by atoms with Gasteiger partial charge in [0.15, 0.2) is 0 Å². The van der Waals surface area contributed by atoms with Gasteiger partial charge in [0, 0.05) is 10.0 Å². The van der Waals surface area contributed by atoms with Crippen LogP contribution in [0.2, 0.25) is 0 Å². The quantitative estimate of drug-likeness (QED) is 0.442. The minimum absolute atomic E-state index is 0.0655. The van der Waals surface area contributed by atoms with Crippen molar-refractivity contribution in [3.05, 3.63) is 80.2 Å². The second-order valence-corrected chi connectivity index (χ2v) is 9.84. The summed E-state index contributed by atoms with van der Waals surface area (Å²) in [5.74, 6) is -0.983. The number of halogens is 1. The molecule has 156 valence electrons. The number of carbonyl (C=O) groups is 2. The van der Waals surface area contributed by atoms with E-state index in [1.54, 1.807) is 49.4 Å². The van der Waals surface area contributed by atoms with E-state index in [0.717, 1.165) is 11.3 Å². The maximum absolute atomic E-state index is 12.4. The van der Waals surface area contributed by atoms with Gasteiger partial charge < -0.3 is 0 Å². The molecule has 0 bridgehead atoms. The molecule has 0 atom stereocenters. The van der Waals surface area contributed by atoms with Crippen LogP contribution in [-0.2, 0) is 16.6 Å². The number of sulfonamides is 1. The second kappa shape index (κ2) is 9.47. The minimum Gasteiger partial charge on any atom is -0.267 e. The molecule has 30 heavy (non-hydrogen) atoms. The Balaban J connectivity index is 1.62. The molecule has 8 nitrogen and oxygen atoms in total. The standard InChI is InChI=1S/C19H17BrN4O4S2/c1-12-17(19(26)24-23-18(25)13-6-3-2-4-7-13)29-16(22-12)11-21-30(27,28)15-9-5-8-14(20)10-15/h2-10,21H,11H2,1H3,(H,23,25)(H,24,26). The Kier molecular flexibility index (Phi) is 6.98. The Morgan fingerprint density at radius 1 is 1.03 bits per heavy atom. The average Bonchev–Trinajstić information content (AvgIpc) is 3.12. The fourth-order valence-electron chi connectivity index (χ4n) is 2.44. The summed E-state index contributed by atoms with van der Waals surface area (Å²) in [7, 11) is -3.73. The van der Waals surface area contributed by atoms with E-state index in [1.807, 2.05) is 0 Å². The molecule has 0 aliphatic carbocycles. The van der Waals surface area contributed by atoms with Crippen molar-refractivity contribution in [3.63, 3.8) is 0 Å². The third-order valence-electron chi connectivity index (χ3n) is 3.89. The molecule has 0 saturated heterocycles. The number of hydrogen-bond donors (Lipinski definition) is 3. The molecule has 0 fully saturated rings. The lowest BCUT2D eigenvalue weighted by Gasteiger charge is -2.06. The molecule has 0 aliphatic heterocycles. The van der Waals surface area contributed by atoms with Gasteiger partial charge in [-0.25, -0.2) is 18.1 Å². The summed E-state index contributed by atoms with van der Waals surface area (Å²) in [5, 5.41) is 0.422. The van der Waals surface area contributed by atoms with E-state index in [2.05, 4.69) is 36.5 Å². The normalized spacial score (nSPS) is 11.1. The molecule has 0 unspecified atom stereocenters. The molecule has 11 heteroatoms. The van der Waals surface area contributed by atoms with Crippen molar-refractivity contribution < 1.29 is 18.0 Å². The van der Waals surface area contributed by atoms with Crippen LogP contribution in [0.3, 0.4) is 0 Å². The fourth-order valence-corrected chi connectivity index (χ4v) is 5.02. The van der Waals surface area contributed by atoms with Crippen LogP contribution >= 0.6 is 27.3 Å². The number of nitrogens with zero attached hydrogens (tertiary/aromatic N) is 1. The lowest BCUT2D eigenvalue weighted by molar-refractivity contribution is 0.0848. The SMILES string of the molecule is Cc1nc(CNS(=O)(=O)c2cccc(Br)c2)sc1C(=O)NNC(=O)c1ccccc1. The average molecular weight is 509 g/mol. The molecule has 2 amide bonds. The van der Waals surface area contributed by atoms with Crippen molar-refractivity contribution in [3.8, 4) is 0 Å². The summed E-state index contributed by atoms with van der Waals surface area (Å²) in [5.41, 5.74) is 5.52. The Bertz CT molecular complexity index is 1180. The first-order valence-corrected chi connectivity index (χ1v) is 11.7. The topological polar surface area (TPSA) is 117 Å². The summed E-state index contributed by atoms with van der Waals surface area (Å²) < 4.78 is 27.9. The second-order valence-electron chi connectivity index (χ2n) is 6.08. The molecule has 3 aromatic rings. The molecule has 0 aliphatic rings. The van der Waals surface area contributed by atoms with Crippen LogP contribution < -0.4 is 15.6 Å². The Morgan fingerprint density at radius 2 is 1.73 bits per heavy atom. The number of hydrazine groups is 1. The third-order valence-corrected chi connectivity index (χ3v) is 6.94. The van der Waals surface area contributed by atoms with Crippen LogP contribution in [-0.4, -0.2) is 25.2 Å². The Hall–Kier alpha value is -2.60. The number of benzene rings is 2. The molecular weight excluding hydrogens is 492 g/mol. The van der Waals surface area contributed by atoms with Gasteiger partial charge in [-0.2, -0.15) is 0 Å². The molecule has 0 saturated carbocycles. The van der Waals surface area contributed by atoms with Crippen LogP contribution in [0.15, 0.2) is 64.0 Å². The lowest BCUT2D eigenvalue weighted by atomic mass is 10.2. The highest BCUT2D eigenvalue weighted by molar-refractivity contribution is 9.10. The summed E-state index contributed by atoms with van der Waals surface area (Å²) in [6.45, 7) is 1.57. The molecule has 0 spiro atoms. The van der Waals surface area contributed by atoms with Gasteiger partial charge in [-0.1, -0.05) is 40.2 Å². The number of thiazole rings is 1. The Labute approximate surface area is 185 Å². The molecule has 0 radical (unpaired) electrons. The van der Waals surface area contributed by atoms with E-state index in [4.69, 9.17) is 0 Å². The van der Waals surface area contributed by atoms with E-state index in [9.17, 15) is 18.0 Å². The first kappa shape index (κ1) is 22.1. The summed E-state index contributed by atoms with van der Waals surface area (Å²) >= 11 is 4.29. The first-order valence-electron chi connectivity index (χ1n) is 8.63. The zero-order valence-corrected chi connectivity index (χ0v) is 18.9. The zero-order valence-electron chi connectivity index (χ0n) is 15.7. The van der Waals surface area contributed by atoms with Crippen molar-refractivity contribution in [2.24, 2.45) is 0 Å². The predicted molar refractivity (Wildman–Crippen MR) is 116 cm³/mol. The highest BCUT2D eigenvalue weighted by Crippen LogP contribution is 2.20. The highest BCUT2D eigenvalue weighted by atomic mass is 79.9. The molecular formula is C19H17BrN4O4S2. The van der Waals surface area contributed by atoms with E-state index >= 15 is 0 Å². The van der Waals surface area contributed by atoms with Crippen LogP contribution in [0.4, 0.5) is 0 Å². The number of nitrogens with one attached hydrogen (secondary N) is 3. The fraction of sp³-hybridized carbons (Fsp3) is 0.105. The highest BCUT2D eigenvalue weighted by Gasteiger charge is 2.19. The van der Waals surface area contributed by atoms with E-state index in [1.165, 1.54) is 12.1 Å². The van der Waals surface area contributed by atoms with Gasteiger partial charge in [0.1, 0.15) is 9.88 Å². The van der Waals surface area contributed by atoms with Crippen molar-refractivity contribution >= 4 is 49.1 Å². The van der Waals surface area contributed by atoms with Gasteiger partial charge in [0.05, 0.1) is 17.1 Å². The lowest BCUT2D eigenvalue weighted by Crippen LogP contribution is -2.41. The third kappa shape index (κ3) is 5.51. The van der Waals surface area contributed by atoms with Crippen molar-refractivity contribution in [1.82, 2.24) is 20.6 Å². The summed E-state index contributed by atoms with van der Waals surface area (Å²) in [6, 6.07) is 14.8. The van der Waals surface area contributed by atoms with Crippen molar-refractivity contribution in [2.45, 2.75) is 18.4 Å². The van der Waals surface area contributed by atoms with E-state index in [-0.39, 0.29) is 16.3 Å². The smallest absolute Gasteiger partial charge is 0.267 e. The van der Waals surface area contributed by atoms with Gasteiger partial charge in [0.2, 0.25) is 10.0 Å². The summed E-state index contributed by atoms with van der Waals surface area (Å²) in [6.07, 6.45) is 0. The largest absolute Gasteiger partial charge is 0.281 e.